The topological polar surface area (TPSA) is 26.0 Å². The van der Waals surface area contributed by atoms with Crippen LogP contribution in [0.15, 0.2) is 54.6 Å². The predicted molar refractivity (Wildman–Crippen MR) is 81.7 cm³/mol. The van der Waals surface area contributed by atoms with Crippen LogP contribution in [0.5, 0.6) is 0 Å². The van der Waals surface area contributed by atoms with Crippen LogP contribution in [0.4, 0.5) is 13.2 Å². The van der Waals surface area contributed by atoms with Crippen LogP contribution in [0.3, 0.4) is 0 Å². The van der Waals surface area contributed by atoms with Crippen LogP contribution in [0.2, 0.25) is 0 Å². The SMILES string of the molecule is Cl.N[C@@H](c1cc2ccccc2c2ccccc12)C(F)(F)F. The van der Waals surface area contributed by atoms with Gasteiger partial charge in [0.15, 0.2) is 0 Å². The molecule has 0 spiro atoms. The maximum Gasteiger partial charge on any atom is 0.407 e. The summed E-state index contributed by atoms with van der Waals surface area (Å²) in [5.74, 6) is 0. The van der Waals surface area contributed by atoms with Gasteiger partial charge in [0.1, 0.15) is 6.04 Å². The third-order valence-electron chi connectivity index (χ3n) is 3.49. The molecule has 0 radical (unpaired) electrons. The van der Waals surface area contributed by atoms with E-state index in [0.717, 1.165) is 16.2 Å². The van der Waals surface area contributed by atoms with Gasteiger partial charge in [0, 0.05) is 0 Å². The summed E-state index contributed by atoms with van der Waals surface area (Å²) >= 11 is 0. The summed E-state index contributed by atoms with van der Waals surface area (Å²) in [6, 6.07) is 14.0. The van der Waals surface area contributed by atoms with Crippen LogP contribution in [0, 0.1) is 0 Å². The van der Waals surface area contributed by atoms with Gasteiger partial charge in [-0.25, -0.2) is 0 Å². The summed E-state index contributed by atoms with van der Waals surface area (Å²) in [5.41, 5.74) is 5.52. The molecule has 0 unspecified atom stereocenters. The summed E-state index contributed by atoms with van der Waals surface area (Å²) < 4.78 is 38.8. The first-order valence-electron chi connectivity index (χ1n) is 6.21. The molecule has 0 aliphatic heterocycles. The Morgan fingerprint density at radius 2 is 1.33 bits per heavy atom. The van der Waals surface area contributed by atoms with Crippen molar-refractivity contribution >= 4 is 34.0 Å². The lowest BCUT2D eigenvalue weighted by Gasteiger charge is -2.19. The van der Waals surface area contributed by atoms with E-state index in [1.165, 1.54) is 6.07 Å². The molecule has 3 aromatic carbocycles. The molecule has 0 fully saturated rings. The minimum atomic E-state index is -4.45. The standard InChI is InChI=1S/C16H12F3N.ClH/c17-16(18,19)15(20)14-9-10-5-1-2-6-11(10)12-7-3-4-8-13(12)14;/h1-9,15H,20H2;1H/t15-;/m0./s1. The van der Waals surface area contributed by atoms with Crippen LogP contribution in [-0.4, -0.2) is 6.18 Å². The number of hydrogen-bond acceptors (Lipinski definition) is 1. The van der Waals surface area contributed by atoms with Gasteiger partial charge in [-0.3, -0.25) is 0 Å². The van der Waals surface area contributed by atoms with Crippen molar-refractivity contribution in [2.45, 2.75) is 12.2 Å². The number of halogens is 4. The predicted octanol–water partition coefficient (Wildman–Crippen LogP) is 4.98. The van der Waals surface area contributed by atoms with Crippen LogP contribution < -0.4 is 5.73 Å². The summed E-state index contributed by atoms with van der Waals surface area (Å²) in [4.78, 5) is 0. The first-order valence-corrected chi connectivity index (χ1v) is 6.21. The quantitative estimate of drug-likeness (QED) is 0.630. The third kappa shape index (κ3) is 2.69. The second-order valence-electron chi connectivity index (χ2n) is 4.75. The Bertz CT molecular complexity index is 783. The fourth-order valence-corrected chi connectivity index (χ4v) is 2.52. The molecule has 21 heavy (non-hydrogen) atoms. The number of fused-ring (bicyclic) bond motifs is 3. The molecule has 5 heteroatoms. The van der Waals surface area contributed by atoms with Gasteiger partial charge in [0.25, 0.3) is 0 Å². The van der Waals surface area contributed by atoms with Gasteiger partial charge in [-0.1, -0.05) is 48.5 Å². The summed E-state index contributed by atoms with van der Waals surface area (Å²) in [5, 5.41) is 3.04. The van der Waals surface area contributed by atoms with Crippen molar-refractivity contribution in [3.05, 3.63) is 60.2 Å². The lowest BCUT2D eigenvalue weighted by atomic mass is 9.93. The molecule has 0 saturated carbocycles. The van der Waals surface area contributed by atoms with E-state index in [4.69, 9.17) is 5.73 Å². The molecule has 1 nitrogen and oxygen atoms in total. The fourth-order valence-electron chi connectivity index (χ4n) is 2.52. The summed E-state index contributed by atoms with van der Waals surface area (Å²) in [6.45, 7) is 0. The zero-order valence-electron chi connectivity index (χ0n) is 10.9. The molecule has 1 atom stereocenters. The lowest BCUT2D eigenvalue weighted by molar-refractivity contribution is -0.148. The monoisotopic (exact) mass is 311 g/mol. The molecule has 3 aromatic rings. The lowest BCUT2D eigenvalue weighted by Crippen LogP contribution is -2.28. The molecular weight excluding hydrogens is 299 g/mol. The molecule has 0 amide bonds. The zero-order valence-corrected chi connectivity index (χ0v) is 11.7. The third-order valence-corrected chi connectivity index (χ3v) is 3.49. The normalized spacial score (nSPS) is 13.1. The van der Waals surface area contributed by atoms with Crippen LogP contribution in [0.1, 0.15) is 11.6 Å². The largest absolute Gasteiger partial charge is 0.407 e. The van der Waals surface area contributed by atoms with E-state index in [1.54, 1.807) is 24.3 Å². The Morgan fingerprint density at radius 1 is 0.810 bits per heavy atom. The van der Waals surface area contributed by atoms with Crippen molar-refractivity contribution in [2.75, 3.05) is 0 Å². The average Bonchev–Trinajstić information content (AvgIpc) is 2.44. The van der Waals surface area contributed by atoms with Crippen LogP contribution in [-0.2, 0) is 0 Å². The smallest absolute Gasteiger partial charge is 0.316 e. The number of alkyl halides is 3. The van der Waals surface area contributed by atoms with Crippen molar-refractivity contribution in [2.24, 2.45) is 5.73 Å². The Kier molecular flexibility index (Phi) is 4.12. The number of nitrogens with two attached hydrogens (primary N) is 1. The van der Waals surface area contributed by atoms with Gasteiger partial charge < -0.3 is 5.73 Å². The van der Waals surface area contributed by atoms with E-state index in [2.05, 4.69) is 0 Å². The highest BCUT2D eigenvalue weighted by atomic mass is 35.5. The Hall–Kier alpha value is -1.78. The van der Waals surface area contributed by atoms with Gasteiger partial charge in [-0.2, -0.15) is 13.2 Å². The first kappa shape index (κ1) is 15.6. The van der Waals surface area contributed by atoms with E-state index in [-0.39, 0.29) is 18.0 Å². The highest BCUT2D eigenvalue weighted by Crippen LogP contribution is 2.37. The van der Waals surface area contributed by atoms with Crippen molar-refractivity contribution in [1.82, 2.24) is 0 Å². The maximum atomic E-state index is 12.9. The second-order valence-corrected chi connectivity index (χ2v) is 4.75. The van der Waals surface area contributed by atoms with Gasteiger partial charge >= 0.3 is 6.18 Å². The minimum absolute atomic E-state index is 0. The molecule has 110 valence electrons. The fraction of sp³-hybridized carbons (Fsp3) is 0.125. The van der Waals surface area contributed by atoms with Gasteiger partial charge in [0.2, 0.25) is 0 Å². The van der Waals surface area contributed by atoms with Crippen molar-refractivity contribution in [3.8, 4) is 0 Å². The first-order chi connectivity index (χ1) is 9.48. The second kappa shape index (κ2) is 5.54. The van der Waals surface area contributed by atoms with Crippen molar-refractivity contribution in [3.63, 3.8) is 0 Å². The molecule has 0 aliphatic rings. The van der Waals surface area contributed by atoms with E-state index in [9.17, 15) is 13.2 Å². The van der Waals surface area contributed by atoms with Crippen LogP contribution in [0.25, 0.3) is 21.5 Å². The highest BCUT2D eigenvalue weighted by molar-refractivity contribution is 6.09. The Labute approximate surface area is 126 Å². The number of benzene rings is 3. The van der Waals surface area contributed by atoms with E-state index >= 15 is 0 Å². The van der Waals surface area contributed by atoms with Crippen LogP contribution >= 0.6 is 12.4 Å². The Balaban J connectivity index is 0.00000161. The molecule has 0 bridgehead atoms. The van der Waals surface area contributed by atoms with Gasteiger partial charge in [-0.15, -0.1) is 12.4 Å². The maximum absolute atomic E-state index is 12.9. The average molecular weight is 312 g/mol. The molecule has 0 heterocycles. The van der Waals surface area contributed by atoms with E-state index in [0.29, 0.717) is 5.39 Å². The summed E-state index contributed by atoms with van der Waals surface area (Å²) in [6.07, 6.45) is -4.45. The number of hydrogen-bond donors (Lipinski definition) is 1. The van der Waals surface area contributed by atoms with E-state index < -0.39 is 12.2 Å². The molecule has 0 aliphatic carbocycles. The molecular formula is C16H13ClF3N. The molecule has 3 rings (SSSR count). The Morgan fingerprint density at radius 3 is 1.95 bits per heavy atom. The molecule has 0 saturated heterocycles. The minimum Gasteiger partial charge on any atom is -0.316 e. The van der Waals surface area contributed by atoms with Gasteiger partial charge in [0.05, 0.1) is 0 Å². The number of rotatable bonds is 1. The summed E-state index contributed by atoms with van der Waals surface area (Å²) in [7, 11) is 0. The highest BCUT2D eigenvalue weighted by Gasteiger charge is 2.38. The van der Waals surface area contributed by atoms with Crippen molar-refractivity contribution < 1.29 is 13.2 Å². The van der Waals surface area contributed by atoms with Crippen molar-refractivity contribution in [1.29, 1.82) is 0 Å². The molecule has 2 N–H and O–H groups in total. The van der Waals surface area contributed by atoms with E-state index in [1.807, 2.05) is 24.3 Å². The zero-order chi connectivity index (χ0) is 14.3. The van der Waals surface area contributed by atoms with Gasteiger partial charge in [-0.05, 0) is 33.2 Å². The molecule has 0 aromatic heterocycles.